The van der Waals surface area contributed by atoms with Crippen LogP contribution in [-0.2, 0) is 14.3 Å². The highest BCUT2D eigenvalue weighted by molar-refractivity contribution is 5.81. The number of allylic oxidation sites excluding steroid dienone is 9. The van der Waals surface area contributed by atoms with Crippen LogP contribution in [0, 0.1) is 0 Å². The molecule has 0 aromatic carbocycles. The van der Waals surface area contributed by atoms with Crippen molar-refractivity contribution in [1.82, 2.24) is 5.32 Å². The molecule has 11 nitrogen and oxygen atoms in total. The van der Waals surface area contributed by atoms with E-state index in [2.05, 4.69) is 67.8 Å². The first-order valence-electron chi connectivity index (χ1n) is 27.2. The number of carbonyl (C=O) groups excluding carboxylic acids is 1. The Morgan fingerprint density at radius 3 is 1.43 bits per heavy atom. The standard InChI is InChI=1S/C56H101NO10/c1-3-5-7-9-11-13-15-17-18-19-20-21-22-23-24-25-26-27-28-29-30-31-32-34-35-37-39-41-43-48(59)51(61)47(46-66-56-54(64)53(63)52(62)50(45-58)67-56)57-55(65)49(60)44-42-40-38-36-33-16-14-12-10-8-6-4-2/h26-27,30-31,33,35-37,40,42,47-54,56,58-64H,3-25,28-29,32,34,38-39,41,43-46H2,1-2H3,(H,57,65)/b27-26+,31-30+,36-33-,37-35+,42-40-. The van der Waals surface area contributed by atoms with Crippen molar-refractivity contribution < 1.29 is 50.0 Å². The molecule has 0 aliphatic carbocycles. The maximum atomic E-state index is 13.1. The van der Waals surface area contributed by atoms with Gasteiger partial charge in [0.1, 0.15) is 36.6 Å². The third kappa shape index (κ3) is 33.9. The number of hydrogen-bond acceptors (Lipinski definition) is 10. The summed E-state index contributed by atoms with van der Waals surface area (Å²) >= 11 is 0. The SMILES string of the molecule is CCCCCCCC/C=C\C/C=C\CC(O)C(=O)NC(COC1OC(CO)C(O)C(O)C1O)C(O)C(O)CCC/C=C/CC/C=C/CC/C=C/CCCCCCCCCCCCCCCCC. The monoisotopic (exact) mass is 948 g/mol. The lowest BCUT2D eigenvalue weighted by molar-refractivity contribution is -0.303. The largest absolute Gasteiger partial charge is 0.394 e. The smallest absolute Gasteiger partial charge is 0.249 e. The Hall–Kier alpha value is -2.19. The van der Waals surface area contributed by atoms with Gasteiger partial charge in [0.2, 0.25) is 5.91 Å². The maximum Gasteiger partial charge on any atom is 0.249 e. The van der Waals surface area contributed by atoms with Crippen LogP contribution in [0.4, 0.5) is 0 Å². The molecule has 1 amide bonds. The lowest BCUT2D eigenvalue weighted by atomic mass is 9.99. The second-order valence-electron chi connectivity index (χ2n) is 18.9. The average Bonchev–Trinajstić information content (AvgIpc) is 3.33. The van der Waals surface area contributed by atoms with E-state index in [0.29, 0.717) is 19.3 Å². The number of aliphatic hydroxyl groups excluding tert-OH is 7. The Labute approximate surface area is 408 Å². The molecule has 1 heterocycles. The van der Waals surface area contributed by atoms with Crippen LogP contribution in [0.3, 0.4) is 0 Å². The molecule has 0 radical (unpaired) electrons. The quantitative estimate of drug-likeness (QED) is 0.0215. The molecule has 9 unspecified atom stereocenters. The molecule has 0 bridgehead atoms. The number of carbonyl (C=O) groups is 1. The van der Waals surface area contributed by atoms with Crippen LogP contribution in [-0.4, -0.2) is 110 Å². The number of nitrogens with one attached hydrogen (secondary N) is 1. The van der Waals surface area contributed by atoms with E-state index in [-0.39, 0.29) is 12.8 Å². The molecule has 11 heteroatoms. The minimum atomic E-state index is -1.69. The van der Waals surface area contributed by atoms with Crippen LogP contribution in [0.1, 0.15) is 219 Å². The van der Waals surface area contributed by atoms with Crippen LogP contribution >= 0.6 is 0 Å². The summed E-state index contributed by atoms with van der Waals surface area (Å²) in [4.78, 5) is 13.1. The van der Waals surface area contributed by atoms with Gasteiger partial charge in [0.05, 0.1) is 25.4 Å². The van der Waals surface area contributed by atoms with Crippen molar-refractivity contribution in [2.75, 3.05) is 13.2 Å². The Morgan fingerprint density at radius 2 is 0.955 bits per heavy atom. The molecule has 8 N–H and O–H groups in total. The van der Waals surface area contributed by atoms with Crippen molar-refractivity contribution in [2.45, 2.75) is 274 Å². The van der Waals surface area contributed by atoms with Crippen LogP contribution in [0.15, 0.2) is 60.8 Å². The number of aliphatic hydroxyl groups is 7. The third-order valence-corrected chi connectivity index (χ3v) is 12.8. The fourth-order valence-corrected chi connectivity index (χ4v) is 8.28. The Balaban J connectivity index is 2.36. The summed E-state index contributed by atoms with van der Waals surface area (Å²) in [7, 11) is 0. The summed E-state index contributed by atoms with van der Waals surface area (Å²) in [6.45, 7) is 3.37. The zero-order valence-electron chi connectivity index (χ0n) is 42.4. The first-order chi connectivity index (χ1) is 32.7. The lowest BCUT2D eigenvalue weighted by Crippen LogP contribution is -2.60. The Morgan fingerprint density at radius 1 is 0.537 bits per heavy atom. The summed E-state index contributed by atoms with van der Waals surface area (Å²) in [5, 5.41) is 75.7. The minimum absolute atomic E-state index is 0.0368. The molecule has 1 aliphatic rings. The van der Waals surface area contributed by atoms with E-state index in [1.54, 1.807) is 6.08 Å². The average molecular weight is 948 g/mol. The van der Waals surface area contributed by atoms with Crippen LogP contribution in [0.2, 0.25) is 0 Å². The van der Waals surface area contributed by atoms with E-state index in [1.807, 2.05) is 6.08 Å². The zero-order chi connectivity index (χ0) is 49.0. The number of ether oxygens (including phenoxy) is 2. The molecular formula is C56H101NO10. The van der Waals surface area contributed by atoms with Gasteiger partial charge in [-0.15, -0.1) is 0 Å². The molecule has 1 aliphatic heterocycles. The normalized spacial score (nSPS) is 21.1. The van der Waals surface area contributed by atoms with Gasteiger partial charge in [0.15, 0.2) is 6.29 Å². The van der Waals surface area contributed by atoms with Crippen molar-refractivity contribution in [1.29, 1.82) is 0 Å². The number of hydrogen-bond donors (Lipinski definition) is 8. The highest BCUT2D eigenvalue weighted by atomic mass is 16.7. The van der Waals surface area contributed by atoms with Crippen molar-refractivity contribution >= 4 is 5.91 Å². The summed E-state index contributed by atoms with van der Waals surface area (Å²) in [6.07, 6.45) is 46.0. The molecular weight excluding hydrogens is 847 g/mol. The van der Waals surface area contributed by atoms with Gasteiger partial charge in [0, 0.05) is 6.42 Å². The van der Waals surface area contributed by atoms with E-state index in [9.17, 15) is 40.5 Å². The summed E-state index contributed by atoms with van der Waals surface area (Å²) in [6, 6.07) is -1.23. The maximum absolute atomic E-state index is 13.1. The second-order valence-corrected chi connectivity index (χ2v) is 18.9. The zero-order valence-corrected chi connectivity index (χ0v) is 42.4. The van der Waals surface area contributed by atoms with E-state index >= 15 is 0 Å². The molecule has 67 heavy (non-hydrogen) atoms. The molecule has 0 spiro atoms. The number of unbranched alkanes of at least 4 members (excludes halogenated alkanes) is 24. The highest BCUT2D eigenvalue weighted by Crippen LogP contribution is 2.23. The fraction of sp³-hybridized carbons (Fsp3) is 0.804. The van der Waals surface area contributed by atoms with Gasteiger partial charge >= 0.3 is 0 Å². The molecule has 390 valence electrons. The summed E-state index contributed by atoms with van der Waals surface area (Å²) < 4.78 is 11.1. The highest BCUT2D eigenvalue weighted by Gasteiger charge is 2.44. The van der Waals surface area contributed by atoms with Crippen molar-refractivity contribution in [3.8, 4) is 0 Å². The van der Waals surface area contributed by atoms with Gasteiger partial charge in [-0.05, 0) is 77.0 Å². The predicted molar refractivity (Wildman–Crippen MR) is 274 cm³/mol. The topological polar surface area (TPSA) is 189 Å². The van der Waals surface area contributed by atoms with E-state index < -0.39 is 74.2 Å². The van der Waals surface area contributed by atoms with Crippen molar-refractivity contribution in [3.63, 3.8) is 0 Å². The molecule has 1 fully saturated rings. The van der Waals surface area contributed by atoms with Gasteiger partial charge in [0.25, 0.3) is 0 Å². The van der Waals surface area contributed by atoms with Gasteiger partial charge < -0.3 is 50.5 Å². The lowest BCUT2D eigenvalue weighted by Gasteiger charge is -2.40. The first kappa shape index (κ1) is 62.8. The van der Waals surface area contributed by atoms with Crippen LogP contribution < -0.4 is 5.32 Å². The summed E-state index contributed by atoms with van der Waals surface area (Å²) in [5.41, 5.74) is 0. The van der Waals surface area contributed by atoms with Crippen LogP contribution in [0.5, 0.6) is 0 Å². The minimum Gasteiger partial charge on any atom is -0.394 e. The van der Waals surface area contributed by atoms with Gasteiger partial charge in [-0.25, -0.2) is 0 Å². The number of amides is 1. The first-order valence-corrected chi connectivity index (χ1v) is 27.2. The predicted octanol–water partition coefficient (Wildman–Crippen LogP) is 10.7. The molecule has 0 aromatic heterocycles. The molecule has 1 rings (SSSR count). The van der Waals surface area contributed by atoms with Gasteiger partial charge in [-0.1, -0.05) is 197 Å². The van der Waals surface area contributed by atoms with E-state index in [0.717, 1.165) is 38.5 Å². The second kappa shape index (κ2) is 45.0. The fourth-order valence-electron chi connectivity index (χ4n) is 8.28. The molecule has 9 atom stereocenters. The van der Waals surface area contributed by atoms with Crippen molar-refractivity contribution in [2.24, 2.45) is 0 Å². The molecule has 1 saturated heterocycles. The van der Waals surface area contributed by atoms with E-state index in [4.69, 9.17) is 9.47 Å². The molecule has 0 aromatic rings. The van der Waals surface area contributed by atoms with Gasteiger partial charge in [-0.3, -0.25) is 4.79 Å². The molecule has 0 saturated carbocycles. The summed E-state index contributed by atoms with van der Waals surface area (Å²) in [5.74, 6) is -0.782. The van der Waals surface area contributed by atoms with Crippen LogP contribution in [0.25, 0.3) is 0 Å². The van der Waals surface area contributed by atoms with E-state index in [1.165, 1.54) is 135 Å². The Bertz CT molecular complexity index is 1270. The Kier molecular flexibility index (Phi) is 42.2. The number of rotatable bonds is 45. The van der Waals surface area contributed by atoms with Crippen molar-refractivity contribution in [3.05, 3.63) is 60.8 Å². The van der Waals surface area contributed by atoms with Gasteiger partial charge in [-0.2, -0.15) is 0 Å². The third-order valence-electron chi connectivity index (χ3n) is 12.8.